The maximum absolute atomic E-state index is 12.1. The number of rotatable bonds is 5. The van der Waals surface area contributed by atoms with Crippen molar-refractivity contribution in [3.63, 3.8) is 0 Å². The highest BCUT2D eigenvalue weighted by atomic mass is 35.5. The molecule has 0 saturated carbocycles. The maximum atomic E-state index is 12.1. The summed E-state index contributed by atoms with van der Waals surface area (Å²) in [5.41, 5.74) is 1.41. The van der Waals surface area contributed by atoms with E-state index < -0.39 is 0 Å². The van der Waals surface area contributed by atoms with E-state index >= 15 is 0 Å². The minimum Gasteiger partial charge on any atom is -0.348 e. The molecule has 0 bridgehead atoms. The van der Waals surface area contributed by atoms with E-state index in [1.165, 1.54) is 5.56 Å². The first-order chi connectivity index (χ1) is 10.1. The monoisotopic (exact) mass is 322 g/mol. The number of amides is 1. The van der Waals surface area contributed by atoms with Crippen molar-refractivity contribution < 1.29 is 4.79 Å². The summed E-state index contributed by atoms with van der Waals surface area (Å²) < 4.78 is 0. The number of carbonyl (C=O) groups is 1. The molecule has 2 rings (SSSR count). The van der Waals surface area contributed by atoms with E-state index in [-0.39, 0.29) is 22.8 Å². The third kappa shape index (κ3) is 4.73. The zero-order valence-electron chi connectivity index (χ0n) is 11.6. The Labute approximate surface area is 134 Å². The topological polar surface area (TPSA) is 42.0 Å². The summed E-state index contributed by atoms with van der Waals surface area (Å²) in [4.78, 5) is 16.1. The summed E-state index contributed by atoms with van der Waals surface area (Å²) in [6.07, 6.45) is 1.74. The van der Waals surface area contributed by atoms with Gasteiger partial charge in [0.1, 0.15) is 10.8 Å². The van der Waals surface area contributed by atoms with Crippen molar-refractivity contribution in [2.45, 2.75) is 25.8 Å². The Balaban J connectivity index is 1.91. The van der Waals surface area contributed by atoms with Gasteiger partial charge in [-0.05, 0) is 37.5 Å². The van der Waals surface area contributed by atoms with Crippen LogP contribution < -0.4 is 5.32 Å². The van der Waals surface area contributed by atoms with Gasteiger partial charge in [-0.2, -0.15) is 0 Å². The lowest BCUT2D eigenvalue weighted by Crippen LogP contribution is -2.33. The van der Waals surface area contributed by atoms with Crippen LogP contribution in [0.2, 0.25) is 10.2 Å². The fourth-order valence-electron chi connectivity index (χ4n) is 1.97. The molecule has 2 aromatic rings. The molecule has 1 heterocycles. The lowest BCUT2D eigenvalue weighted by Gasteiger charge is -2.14. The maximum Gasteiger partial charge on any atom is 0.271 e. The highest BCUT2D eigenvalue weighted by molar-refractivity contribution is 6.34. The van der Waals surface area contributed by atoms with Gasteiger partial charge in [0.05, 0.1) is 5.02 Å². The second-order valence-electron chi connectivity index (χ2n) is 4.86. The van der Waals surface area contributed by atoms with Crippen molar-refractivity contribution >= 4 is 29.1 Å². The number of nitrogens with zero attached hydrogens (tertiary/aromatic N) is 1. The van der Waals surface area contributed by atoms with E-state index in [4.69, 9.17) is 23.2 Å². The van der Waals surface area contributed by atoms with Gasteiger partial charge in [0.25, 0.3) is 5.91 Å². The largest absolute Gasteiger partial charge is 0.348 e. The molecule has 0 aliphatic carbocycles. The van der Waals surface area contributed by atoms with Gasteiger partial charge >= 0.3 is 0 Å². The molecule has 1 amide bonds. The van der Waals surface area contributed by atoms with Gasteiger partial charge < -0.3 is 5.32 Å². The van der Waals surface area contributed by atoms with E-state index in [1.54, 1.807) is 12.1 Å². The molecule has 0 radical (unpaired) electrons. The summed E-state index contributed by atoms with van der Waals surface area (Å²) >= 11 is 11.8. The first kappa shape index (κ1) is 15.8. The third-order valence-electron chi connectivity index (χ3n) is 3.11. The number of benzene rings is 1. The normalized spacial score (nSPS) is 12.0. The van der Waals surface area contributed by atoms with Crippen LogP contribution in [0.25, 0.3) is 0 Å². The molecule has 3 nitrogen and oxygen atoms in total. The zero-order chi connectivity index (χ0) is 15.2. The van der Waals surface area contributed by atoms with Crippen LogP contribution in [0.5, 0.6) is 0 Å². The van der Waals surface area contributed by atoms with Gasteiger partial charge in [0.2, 0.25) is 0 Å². The Kier molecular flexibility index (Phi) is 5.59. The highest BCUT2D eigenvalue weighted by Crippen LogP contribution is 2.17. The number of aromatic nitrogens is 1. The van der Waals surface area contributed by atoms with E-state index in [9.17, 15) is 4.79 Å². The molecule has 0 spiro atoms. The van der Waals surface area contributed by atoms with Crippen molar-refractivity contribution in [2.24, 2.45) is 0 Å². The van der Waals surface area contributed by atoms with Crippen molar-refractivity contribution in [3.8, 4) is 0 Å². The smallest absolute Gasteiger partial charge is 0.271 e. The van der Waals surface area contributed by atoms with Crippen LogP contribution >= 0.6 is 23.2 Å². The Hall–Kier alpha value is -1.58. The lowest BCUT2D eigenvalue weighted by molar-refractivity contribution is 0.0933. The van der Waals surface area contributed by atoms with Crippen molar-refractivity contribution in [1.82, 2.24) is 10.3 Å². The minimum atomic E-state index is -0.303. The molecule has 0 aliphatic rings. The van der Waals surface area contributed by atoms with Crippen LogP contribution in [0.15, 0.2) is 42.5 Å². The van der Waals surface area contributed by atoms with Gasteiger partial charge in [-0.3, -0.25) is 4.79 Å². The van der Waals surface area contributed by atoms with Gasteiger partial charge in [0.15, 0.2) is 0 Å². The molecule has 1 aromatic heterocycles. The molecule has 1 aromatic carbocycles. The number of nitrogens with one attached hydrogen (secondary N) is 1. The van der Waals surface area contributed by atoms with Crippen molar-refractivity contribution in [2.75, 3.05) is 0 Å². The summed E-state index contributed by atoms with van der Waals surface area (Å²) in [5.74, 6) is -0.303. The fourth-order valence-corrected chi connectivity index (χ4v) is 2.31. The summed E-state index contributed by atoms with van der Waals surface area (Å²) in [5, 5.41) is 3.44. The van der Waals surface area contributed by atoms with Crippen LogP contribution in [0, 0.1) is 0 Å². The number of aryl methyl sites for hydroxylation is 1. The fraction of sp³-hybridized carbons (Fsp3) is 0.250. The number of pyridine rings is 1. The zero-order valence-corrected chi connectivity index (χ0v) is 13.2. The quantitative estimate of drug-likeness (QED) is 0.840. The van der Waals surface area contributed by atoms with Crippen LogP contribution in [0.4, 0.5) is 0 Å². The SMILES string of the molecule is CC(CCc1ccccc1)NC(=O)c1nc(Cl)ccc1Cl. The molecule has 21 heavy (non-hydrogen) atoms. The number of halogens is 2. The van der Waals surface area contributed by atoms with Gasteiger partial charge in [-0.15, -0.1) is 0 Å². The highest BCUT2D eigenvalue weighted by Gasteiger charge is 2.15. The Bertz CT molecular complexity index is 617. The second-order valence-corrected chi connectivity index (χ2v) is 5.66. The number of carbonyl (C=O) groups excluding carboxylic acids is 1. The van der Waals surface area contributed by atoms with Crippen LogP contribution in [0.3, 0.4) is 0 Å². The van der Waals surface area contributed by atoms with Gasteiger partial charge in [-0.1, -0.05) is 53.5 Å². The Morgan fingerprint density at radius 3 is 2.62 bits per heavy atom. The van der Waals surface area contributed by atoms with Crippen LogP contribution in [-0.4, -0.2) is 16.9 Å². The van der Waals surface area contributed by atoms with Crippen molar-refractivity contribution in [3.05, 3.63) is 63.9 Å². The number of hydrogen-bond donors (Lipinski definition) is 1. The molecule has 1 unspecified atom stereocenters. The molecular weight excluding hydrogens is 307 g/mol. The standard InChI is InChI=1S/C16H16Cl2N2O/c1-11(7-8-12-5-3-2-4-6-12)19-16(21)15-13(17)9-10-14(18)20-15/h2-6,9-11H,7-8H2,1H3,(H,19,21). The van der Waals surface area contributed by atoms with E-state index in [1.807, 2.05) is 25.1 Å². The molecule has 0 fully saturated rings. The van der Waals surface area contributed by atoms with E-state index in [2.05, 4.69) is 22.4 Å². The van der Waals surface area contributed by atoms with Gasteiger partial charge in [-0.25, -0.2) is 4.98 Å². The molecule has 1 N–H and O–H groups in total. The predicted octanol–water partition coefficient (Wildman–Crippen LogP) is 4.14. The minimum absolute atomic E-state index is 0.0227. The molecular formula is C16H16Cl2N2O. The van der Waals surface area contributed by atoms with E-state index in [0.29, 0.717) is 5.02 Å². The van der Waals surface area contributed by atoms with Crippen LogP contribution in [0.1, 0.15) is 29.4 Å². The molecule has 110 valence electrons. The number of hydrogen-bond acceptors (Lipinski definition) is 2. The average Bonchev–Trinajstić information content (AvgIpc) is 2.48. The molecule has 0 saturated heterocycles. The predicted molar refractivity (Wildman–Crippen MR) is 85.9 cm³/mol. The summed E-state index contributed by atoms with van der Waals surface area (Å²) in [6.45, 7) is 1.96. The summed E-state index contributed by atoms with van der Waals surface area (Å²) in [7, 11) is 0. The first-order valence-corrected chi connectivity index (χ1v) is 7.48. The first-order valence-electron chi connectivity index (χ1n) is 6.73. The Morgan fingerprint density at radius 2 is 1.90 bits per heavy atom. The van der Waals surface area contributed by atoms with Crippen LogP contribution in [-0.2, 0) is 6.42 Å². The Morgan fingerprint density at radius 1 is 1.19 bits per heavy atom. The molecule has 5 heteroatoms. The lowest BCUT2D eigenvalue weighted by atomic mass is 10.1. The third-order valence-corrected chi connectivity index (χ3v) is 3.63. The van der Waals surface area contributed by atoms with E-state index in [0.717, 1.165) is 12.8 Å². The van der Waals surface area contributed by atoms with Gasteiger partial charge in [0, 0.05) is 6.04 Å². The second kappa shape index (κ2) is 7.43. The average molecular weight is 323 g/mol. The molecule has 0 aliphatic heterocycles. The molecule has 1 atom stereocenters. The van der Waals surface area contributed by atoms with Crippen molar-refractivity contribution in [1.29, 1.82) is 0 Å². The summed E-state index contributed by atoms with van der Waals surface area (Å²) in [6, 6.07) is 13.3.